The molecular formula is C15H20ClN3OS. The van der Waals surface area contributed by atoms with Gasteiger partial charge in [-0.2, -0.15) is 0 Å². The maximum Gasteiger partial charge on any atom is 0.230 e. The van der Waals surface area contributed by atoms with Crippen molar-refractivity contribution < 1.29 is 4.79 Å². The molecule has 2 unspecified atom stereocenters. The molecule has 0 saturated heterocycles. The Labute approximate surface area is 135 Å². The van der Waals surface area contributed by atoms with Crippen molar-refractivity contribution in [2.75, 3.05) is 5.32 Å². The monoisotopic (exact) mass is 325 g/mol. The minimum absolute atomic E-state index is 0. The normalized spacial score (nSPS) is 13.1. The van der Waals surface area contributed by atoms with E-state index < -0.39 is 0 Å². The summed E-state index contributed by atoms with van der Waals surface area (Å²) in [5.41, 5.74) is 8.86. The predicted octanol–water partition coefficient (Wildman–Crippen LogP) is 3.46. The van der Waals surface area contributed by atoms with Crippen LogP contribution in [0.1, 0.15) is 19.4 Å². The van der Waals surface area contributed by atoms with Gasteiger partial charge in [0, 0.05) is 17.0 Å². The number of aryl methyl sites for hydroxylation is 1. The number of carbonyl (C=O) groups excluding carboxylic acids is 1. The van der Waals surface area contributed by atoms with Crippen LogP contribution in [0.15, 0.2) is 29.6 Å². The lowest BCUT2D eigenvalue weighted by molar-refractivity contribution is -0.119. The number of thiazole rings is 1. The zero-order valence-electron chi connectivity index (χ0n) is 12.3. The fraction of sp³-hybridized carbons (Fsp3) is 0.333. The molecule has 0 bridgehead atoms. The standard InChI is InChI=1S/C15H19N3OS.ClH/c1-9-4-6-12(7-5-9)13-8-20-15(17-13)18-14(19)10(2)11(3)16;/h4-8,10-11H,16H2,1-3H3,(H,17,18,19);1H. The predicted molar refractivity (Wildman–Crippen MR) is 91.0 cm³/mol. The van der Waals surface area contributed by atoms with Gasteiger partial charge in [-0.05, 0) is 13.8 Å². The van der Waals surface area contributed by atoms with Crippen molar-refractivity contribution in [2.24, 2.45) is 11.7 Å². The van der Waals surface area contributed by atoms with Crippen molar-refractivity contribution >= 4 is 34.8 Å². The first kappa shape index (κ1) is 17.6. The summed E-state index contributed by atoms with van der Waals surface area (Å²) in [6, 6.07) is 7.98. The van der Waals surface area contributed by atoms with Crippen molar-refractivity contribution in [1.82, 2.24) is 4.98 Å². The Morgan fingerprint density at radius 2 is 1.90 bits per heavy atom. The summed E-state index contributed by atoms with van der Waals surface area (Å²) in [4.78, 5) is 16.4. The van der Waals surface area contributed by atoms with Crippen LogP contribution in [0.25, 0.3) is 11.3 Å². The average Bonchev–Trinajstić information content (AvgIpc) is 2.87. The van der Waals surface area contributed by atoms with Crippen LogP contribution in [0.5, 0.6) is 0 Å². The number of hydrogen-bond acceptors (Lipinski definition) is 4. The number of nitrogens with two attached hydrogens (primary N) is 1. The van der Waals surface area contributed by atoms with Gasteiger partial charge in [-0.3, -0.25) is 4.79 Å². The molecule has 3 N–H and O–H groups in total. The highest BCUT2D eigenvalue weighted by atomic mass is 35.5. The SMILES string of the molecule is Cc1ccc(-c2csc(NC(=O)C(C)C(C)N)n2)cc1.Cl. The first-order chi connectivity index (χ1) is 9.47. The Bertz CT molecular complexity index is 595. The summed E-state index contributed by atoms with van der Waals surface area (Å²) in [6.45, 7) is 5.68. The van der Waals surface area contributed by atoms with E-state index in [9.17, 15) is 4.79 Å². The van der Waals surface area contributed by atoms with Crippen molar-refractivity contribution in [1.29, 1.82) is 0 Å². The van der Waals surface area contributed by atoms with Gasteiger partial charge in [-0.1, -0.05) is 36.8 Å². The van der Waals surface area contributed by atoms with E-state index in [4.69, 9.17) is 5.73 Å². The van der Waals surface area contributed by atoms with E-state index in [-0.39, 0.29) is 30.3 Å². The maximum absolute atomic E-state index is 11.9. The smallest absolute Gasteiger partial charge is 0.230 e. The second-order valence-corrected chi connectivity index (χ2v) is 5.90. The van der Waals surface area contributed by atoms with E-state index in [1.807, 2.05) is 50.4 Å². The van der Waals surface area contributed by atoms with Crippen LogP contribution < -0.4 is 11.1 Å². The highest BCUT2D eigenvalue weighted by Gasteiger charge is 2.18. The molecule has 1 aromatic heterocycles. The number of anilines is 1. The van der Waals surface area contributed by atoms with Gasteiger partial charge in [0.15, 0.2) is 5.13 Å². The largest absolute Gasteiger partial charge is 0.327 e. The van der Waals surface area contributed by atoms with Crippen LogP contribution in [0, 0.1) is 12.8 Å². The number of halogens is 1. The Morgan fingerprint density at radius 1 is 1.29 bits per heavy atom. The number of nitrogens with zero attached hydrogens (tertiary/aromatic N) is 1. The van der Waals surface area contributed by atoms with Crippen molar-refractivity contribution in [3.05, 3.63) is 35.2 Å². The van der Waals surface area contributed by atoms with Crippen molar-refractivity contribution in [3.8, 4) is 11.3 Å². The molecule has 2 rings (SSSR count). The van der Waals surface area contributed by atoms with E-state index in [1.54, 1.807) is 0 Å². The van der Waals surface area contributed by atoms with Gasteiger partial charge in [0.25, 0.3) is 0 Å². The lowest BCUT2D eigenvalue weighted by Crippen LogP contribution is -2.34. The van der Waals surface area contributed by atoms with E-state index in [0.29, 0.717) is 5.13 Å². The van der Waals surface area contributed by atoms with Gasteiger partial charge in [-0.25, -0.2) is 4.98 Å². The van der Waals surface area contributed by atoms with E-state index in [2.05, 4.69) is 10.3 Å². The molecule has 2 aromatic rings. The molecule has 2 atom stereocenters. The van der Waals surface area contributed by atoms with Crippen LogP contribution in [0.3, 0.4) is 0 Å². The number of carbonyl (C=O) groups is 1. The van der Waals surface area contributed by atoms with Gasteiger partial charge in [0.05, 0.1) is 11.6 Å². The van der Waals surface area contributed by atoms with Gasteiger partial charge in [0.2, 0.25) is 5.91 Å². The van der Waals surface area contributed by atoms with E-state index in [0.717, 1.165) is 11.3 Å². The first-order valence-corrected chi connectivity index (χ1v) is 7.44. The Morgan fingerprint density at radius 3 is 2.48 bits per heavy atom. The summed E-state index contributed by atoms with van der Waals surface area (Å²) < 4.78 is 0. The van der Waals surface area contributed by atoms with E-state index in [1.165, 1.54) is 16.9 Å². The fourth-order valence-electron chi connectivity index (χ4n) is 1.65. The molecule has 21 heavy (non-hydrogen) atoms. The third-order valence-corrected chi connectivity index (χ3v) is 4.04. The first-order valence-electron chi connectivity index (χ1n) is 6.56. The van der Waals surface area contributed by atoms with E-state index >= 15 is 0 Å². The second kappa shape index (κ2) is 7.54. The van der Waals surface area contributed by atoms with Crippen LogP contribution >= 0.6 is 23.7 Å². The molecule has 4 nitrogen and oxygen atoms in total. The van der Waals surface area contributed by atoms with Crippen LogP contribution in [-0.4, -0.2) is 16.9 Å². The van der Waals surface area contributed by atoms with Gasteiger partial charge in [-0.15, -0.1) is 23.7 Å². The number of benzene rings is 1. The number of aromatic nitrogens is 1. The molecule has 0 saturated carbocycles. The zero-order valence-corrected chi connectivity index (χ0v) is 13.9. The topological polar surface area (TPSA) is 68.0 Å². The third-order valence-electron chi connectivity index (χ3n) is 3.28. The summed E-state index contributed by atoms with van der Waals surface area (Å²) in [6.07, 6.45) is 0. The molecule has 1 aromatic carbocycles. The molecule has 6 heteroatoms. The molecule has 0 spiro atoms. The van der Waals surface area contributed by atoms with Gasteiger partial charge >= 0.3 is 0 Å². The van der Waals surface area contributed by atoms with Crippen LogP contribution in [0.4, 0.5) is 5.13 Å². The van der Waals surface area contributed by atoms with Gasteiger partial charge in [0.1, 0.15) is 0 Å². The minimum Gasteiger partial charge on any atom is -0.327 e. The highest BCUT2D eigenvalue weighted by Crippen LogP contribution is 2.25. The molecule has 0 radical (unpaired) electrons. The molecule has 0 aliphatic heterocycles. The molecule has 0 aliphatic carbocycles. The summed E-state index contributed by atoms with van der Waals surface area (Å²) in [5, 5.41) is 5.36. The van der Waals surface area contributed by atoms with Crippen molar-refractivity contribution in [2.45, 2.75) is 26.8 Å². The van der Waals surface area contributed by atoms with Crippen LogP contribution in [-0.2, 0) is 4.79 Å². The van der Waals surface area contributed by atoms with Crippen molar-refractivity contribution in [3.63, 3.8) is 0 Å². The number of amides is 1. The quantitative estimate of drug-likeness (QED) is 0.904. The molecule has 1 amide bonds. The van der Waals surface area contributed by atoms with Crippen LogP contribution in [0.2, 0.25) is 0 Å². The number of nitrogens with one attached hydrogen (secondary N) is 1. The fourth-order valence-corrected chi connectivity index (χ4v) is 2.37. The lowest BCUT2D eigenvalue weighted by Gasteiger charge is -2.13. The minimum atomic E-state index is -0.235. The Hall–Kier alpha value is -1.43. The molecule has 0 fully saturated rings. The second-order valence-electron chi connectivity index (χ2n) is 5.04. The number of rotatable bonds is 4. The zero-order chi connectivity index (χ0) is 14.7. The maximum atomic E-state index is 11.9. The Kier molecular flexibility index (Phi) is 6.33. The molecular weight excluding hydrogens is 306 g/mol. The average molecular weight is 326 g/mol. The lowest BCUT2D eigenvalue weighted by atomic mass is 10.0. The third kappa shape index (κ3) is 4.52. The van der Waals surface area contributed by atoms with Gasteiger partial charge < -0.3 is 11.1 Å². The molecule has 0 aliphatic rings. The summed E-state index contributed by atoms with van der Waals surface area (Å²) >= 11 is 1.42. The molecule has 1 heterocycles. The summed E-state index contributed by atoms with van der Waals surface area (Å²) in [5.74, 6) is -0.327. The number of hydrogen-bond donors (Lipinski definition) is 2. The molecule has 114 valence electrons. The highest BCUT2D eigenvalue weighted by molar-refractivity contribution is 7.14. The summed E-state index contributed by atoms with van der Waals surface area (Å²) in [7, 11) is 0. The Balaban J connectivity index is 0.00000220.